The molecule has 1 aliphatic carbocycles. The second-order valence-electron chi connectivity index (χ2n) is 7.63. The van der Waals surface area contributed by atoms with Crippen LogP contribution in [0.1, 0.15) is 58.0 Å². The molecule has 1 aliphatic heterocycles. The van der Waals surface area contributed by atoms with Crippen LogP contribution in [0.2, 0.25) is 0 Å². The summed E-state index contributed by atoms with van der Waals surface area (Å²) >= 11 is 0. The third kappa shape index (κ3) is 3.36. The van der Waals surface area contributed by atoms with Gasteiger partial charge >= 0.3 is 0 Å². The van der Waals surface area contributed by atoms with Gasteiger partial charge in [-0.3, -0.25) is 19.8 Å². The third-order valence-corrected chi connectivity index (χ3v) is 5.61. The Labute approximate surface area is 158 Å². The molecule has 0 aromatic carbocycles. The van der Waals surface area contributed by atoms with Gasteiger partial charge in [0.05, 0.1) is 5.69 Å². The lowest BCUT2D eigenvalue weighted by molar-refractivity contribution is -0.132. The molecule has 2 aliphatic rings. The smallest absolute Gasteiger partial charge is 0.274 e. The first-order valence-electron chi connectivity index (χ1n) is 9.65. The van der Waals surface area contributed by atoms with Gasteiger partial charge in [0, 0.05) is 63.4 Å². The molecule has 2 amide bonds. The molecule has 0 saturated carbocycles. The monoisotopic (exact) mass is 370 g/mol. The van der Waals surface area contributed by atoms with Gasteiger partial charge in [-0.15, -0.1) is 0 Å². The van der Waals surface area contributed by atoms with Crippen LogP contribution in [0.15, 0.2) is 0 Å². The van der Waals surface area contributed by atoms with Gasteiger partial charge in [-0.25, -0.2) is 0 Å². The zero-order chi connectivity index (χ0) is 19.0. The molecule has 0 fully saturated rings. The summed E-state index contributed by atoms with van der Waals surface area (Å²) in [5, 5.41) is 14.7. The summed E-state index contributed by atoms with van der Waals surface area (Å²) in [5.41, 5.74) is 5.85. The highest BCUT2D eigenvalue weighted by Crippen LogP contribution is 2.24. The molecule has 144 valence electrons. The minimum absolute atomic E-state index is 0.109. The molecular weight excluding hydrogens is 344 g/mol. The van der Waals surface area contributed by atoms with Gasteiger partial charge in [0.25, 0.3) is 5.91 Å². The maximum Gasteiger partial charge on any atom is 0.274 e. The summed E-state index contributed by atoms with van der Waals surface area (Å²) in [6, 6.07) is 0. The number of aromatic nitrogens is 4. The number of hydrogen-bond donors (Lipinski definition) is 2. The van der Waals surface area contributed by atoms with Crippen molar-refractivity contribution in [3.8, 4) is 0 Å². The predicted octanol–water partition coefficient (Wildman–Crippen LogP) is 1.23. The van der Waals surface area contributed by atoms with Crippen LogP contribution >= 0.6 is 0 Å². The molecule has 0 spiro atoms. The van der Waals surface area contributed by atoms with Crippen molar-refractivity contribution in [3.63, 3.8) is 0 Å². The van der Waals surface area contributed by atoms with Crippen molar-refractivity contribution in [2.45, 2.75) is 51.5 Å². The van der Waals surface area contributed by atoms with Crippen molar-refractivity contribution in [2.75, 3.05) is 20.6 Å². The van der Waals surface area contributed by atoms with E-state index in [2.05, 4.69) is 20.4 Å². The molecule has 0 radical (unpaired) electrons. The van der Waals surface area contributed by atoms with Crippen LogP contribution in [0, 0.1) is 0 Å². The zero-order valence-corrected chi connectivity index (χ0v) is 16.0. The maximum atomic E-state index is 12.8. The SMILES string of the molecule is CN(C)C(=O)c1n[nH]c2c1CN(C(=O)CCc1n[nH]c3c1CCCC3)CC2. The van der Waals surface area contributed by atoms with Crippen LogP contribution in [0.3, 0.4) is 0 Å². The Morgan fingerprint density at radius 3 is 2.59 bits per heavy atom. The van der Waals surface area contributed by atoms with Gasteiger partial charge in [-0.1, -0.05) is 0 Å². The second kappa shape index (κ2) is 7.17. The van der Waals surface area contributed by atoms with E-state index in [9.17, 15) is 9.59 Å². The van der Waals surface area contributed by atoms with Crippen LogP contribution in [0.4, 0.5) is 0 Å². The number of carbonyl (C=O) groups is 2. The van der Waals surface area contributed by atoms with Gasteiger partial charge in [-0.2, -0.15) is 10.2 Å². The zero-order valence-electron chi connectivity index (χ0n) is 16.0. The fourth-order valence-corrected chi connectivity index (χ4v) is 4.04. The molecule has 8 heteroatoms. The Bertz CT molecular complexity index is 866. The first-order chi connectivity index (χ1) is 13.0. The highest BCUT2D eigenvalue weighted by atomic mass is 16.2. The fraction of sp³-hybridized carbons (Fsp3) is 0.579. The molecule has 3 heterocycles. The normalized spacial score (nSPS) is 16.0. The van der Waals surface area contributed by atoms with E-state index in [1.54, 1.807) is 14.1 Å². The van der Waals surface area contributed by atoms with Crippen molar-refractivity contribution in [3.05, 3.63) is 33.9 Å². The van der Waals surface area contributed by atoms with Crippen LogP contribution in [-0.2, 0) is 37.0 Å². The average Bonchev–Trinajstić information content (AvgIpc) is 3.29. The average molecular weight is 370 g/mol. The summed E-state index contributed by atoms with van der Waals surface area (Å²) in [6.07, 6.45) is 6.35. The topological polar surface area (TPSA) is 98.0 Å². The number of rotatable bonds is 4. The molecule has 2 N–H and O–H groups in total. The van der Waals surface area contributed by atoms with Gasteiger partial charge in [0.2, 0.25) is 5.91 Å². The number of aromatic amines is 2. The number of fused-ring (bicyclic) bond motifs is 2. The van der Waals surface area contributed by atoms with Crippen molar-refractivity contribution < 1.29 is 9.59 Å². The summed E-state index contributed by atoms with van der Waals surface area (Å²) < 4.78 is 0. The number of carbonyl (C=O) groups excluding carboxylic acids is 2. The summed E-state index contributed by atoms with van der Waals surface area (Å²) in [6.45, 7) is 1.10. The van der Waals surface area contributed by atoms with Gasteiger partial charge in [-0.05, 0) is 31.2 Å². The predicted molar refractivity (Wildman–Crippen MR) is 99.3 cm³/mol. The highest BCUT2D eigenvalue weighted by Gasteiger charge is 2.28. The molecule has 2 aromatic rings. The van der Waals surface area contributed by atoms with Crippen molar-refractivity contribution in [1.29, 1.82) is 0 Å². The molecule has 8 nitrogen and oxygen atoms in total. The standard InChI is InChI=1S/C19H26N6O2/c1-24(2)19(27)18-13-11-25(10-9-16(13)22-23-18)17(26)8-7-15-12-5-3-4-6-14(12)20-21-15/h3-11H2,1-2H3,(H,20,21)(H,22,23). The minimum atomic E-state index is -0.134. The lowest BCUT2D eigenvalue weighted by Gasteiger charge is -2.27. The van der Waals surface area contributed by atoms with E-state index in [4.69, 9.17) is 0 Å². The number of amides is 2. The van der Waals surface area contributed by atoms with E-state index < -0.39 is 0 Å². The lowest BCUT2D eigenvalue weighted by Crippen LogP contribution is -2.37. The first kappa shape index (κ1) is 17.8. The number of nitrogens with one attached hydrogen (secondary N) is 2. The van der Waals surface area contributed by atoms with Gasteiger partial charge in [0.1, 0.15) is 0 Å². The van der Waals surface area contributed by atoms with Crippen LogP contribution < -0.4 is 0 Å². The van der Waals surface area contributed by atoms with Crippen molar-refractivity contribution in [2.24, 2.45) is 0 Å². The highest BCUT2D eigenvalue weighted by molar-refractivity contribution is 5.93. The summed E-state index contributed by atoms with van der Waals surface area (Å²) in [4.78, 5) is 28.4. The van der Waals surface area contributed by atoms with Gasteiger partial charge < -0.3 is 9.80 Å². The molecule has 0 saturated heterocycles. The van der Waals surface area contributed by atoms with Crippen LogP contribution in [-0.4, -0.2) is 62.6 Å². The van der Waals surface area contributed by atoms with Gasteiger partial charge in [0.15, 0.2) is 5.69 Å². The van der Waals surface area contributed by atoms with E-state index >= 15 is 0 Å². The Kier molecular flexibility index (Phi) is 4.72. The van der Waals surface area contributed by atoms with E-state index in [1.807, 2.05) is 4.90 Å². The largest absolute Gasteiger partial charge is 0.343 e. The quantitative estimate of drug-likeness (QED) is 0.846. The fourth-order valence-electron chi connectivity index (χ4n) is 4.04. The summed E-state index contributed by atoms with van der Waals surface area (Å²) in [7, 11) is 3.42. The Morgan fingerprint density at radius 2 is 1.78 bits per heavy atom. The van der Waals surface area contributed by atoms with Crippen LogP contribution in [0.5, 0.6) is 0 Å². The molecule has 0 atom stereocenters. The number of aryl methyl sites for hydroxylation is 2. The molecule has 2 aromatic heterocycles. The van der Waals surface area contributed by atoms with E-state index in [1.165, 1.54) is 29.0 Å². The lowest BCUT2D eigenvalue weighted by atomic mass is 9.94. The number of H-pyrrole nitrogens is 2. The van der Waals surface area contributed by atoms with E-state index in [0.717, 1.165) is 29.8 Å². The molecule has 4 rings (SSSR count). The minimum Gasteiger partial charge on any atom is -0.343 e. The van der Waals surface area contributed by atoms with E-state index in [-0.39, 0.29) is 11.8 Å². The number of hydrogen-bond acceptors (Lipinski definition) is 4. The molecule has 0 unspecified atom stereocenters. The third-order valence-electron chi connectivity index (χ3n) is 5.61. The van der Waals surface area contributed by atoms with Crippen molar-refractivity contribution in [1.82, 2.24) is 30.2 Å². The maximum absolute atomic E-state index is 12.8. The van der Waals surface area contributed by atoms with Crippen molar-refractivity contribution >= 4 is 11.8 Å². The summed E-state index contributed by atoms with van der Waals surface area (Å²) in [5.74, 6) is -0.0254. The second-order valence-corrected chi connectivity index (χ2v) is 7.63. The molecule has 27 heavy (non-hydrogen) atoms. The number of nitrogens with zero attached hydrogens (tertiary/aromatic N) is 4. The molecular formula is C19H26N6O2. The first-order valence-corrected chi connectivity index (χ1v) is 9.65. The molecule has 0 bridgehead atoms. The van der Waals surface area contributed by atoms with Crippen LogP contribution in [0.25, 0.3) is 0 Å². The Balaban J connectivity index is 1.42. The Morgan fingerprint density at radius 1 is 1.04 bits per heavy atom. The Hall–Kier alpha value is -2.64. The van der Waals surface area contributed by atoms with E-state index in [0.29, 0.717) is 38.0 Å².